The van der Waals surface area contributed by atoms with Crippen LogP contribution in [0.2, 0.25) is 0 Å². The first-order chi connectivity index (χ1) is 7.79. The summed E-state index contributed by atoms with van der Waals surface area (Å²) in [6.07, 6.45) is 6.01. The summed E-state index contributed by atoms with van der Waals surface area (Å²) in [4.78, 5) is 15.2. The Bertz CT molecular complexity index is 355. The second-order valence-corrected chi connectivity index (χ2v) is 3.74. The summed E-state index contributed by atoms with van der Waals surface area (Å²) in [7, 11) is 0. The molecule has 0 saturated heterocycles. The highest BCUT2D eigenvalue weighted by Crippen LogP contribution is 2.23. The lowest BCUT2D eigenvalue weighted by atomic mass is 10.3. The molecule has 88 valence electrons. The molecule has 0 bridgehead atoms. The molecule has 5 nitrogen and oxygen atoms in total. The van der Waals surface area contributed by atoms with Crippen LogP contribution in [0.1, 0.15) is 43.1 Å². The zero-order valence-corrected chi connectivity index (χ0v) is 9.27. The van der Waals surface area contributed by atoms with Gasteiger partial charge in [-0.2, -0.15) is 4.98 Å². The fourth-order valence-corrected chi connectivity index (χ4v) is 1.76. The summed E-state index contributed by atoms with van der Waals surface area (Å²) in [6, 6.07) is 0. The first-order valence-electron chi connectivity index (χ1n) is 5.59. The third kappa shape index (κ3) is 2.53. The summed E-state index contributed by atoms with van der Waals surface area (Å²) in [6.45, 7) is 2.07. The van der Waals surface area contributed by atoms with Crippen molar-refractivity contribution in [1.29, 1.82) is 0 Å². The van der Waals surface area contributed by atoms with Gasteiger partial charge in [-0.3, -0.25) is 0 Å². The molecule has 0 atom stereocenters. The standard InChI is InChI=1S/C11H15NO4/c1-2-14-10(13)9-7-15-11(12-9)16-8-5-3-4-6-8/h7-8H,2-6H2,1H3. The third-order valence-corrected chi connectivity index (χ3v) is 2.54. The number of ether oxygens (including phenoxy) is 2. The average molecular weight is 225 g/mol. The summed E-state index contributed by atoms with van der Waals surface area (Å²) in [5.41, 5.74) is 0.162. The van der Waals surface area contributed by atoms with Gasteiger partial charge in [-0.25, -0.2) is 4.79 Å². The molecular weight excluding hydrogens is 210 g/mol. The quantitative estimate of drug-likeness (QED) is 0.735. The van der Waals surface area contributed by atoms with E-state index in [1.165, 1.54) is 19.1 Å². The van der Waals surface area contributed by atoms with E-state index in [1.54, 1.807) is 6.92 Å². The zero-order valence-electron chi connectivity index (χ0n) is 9.27. The molecule has 1 aromatic rings. The summed E-state index contributed by atoms with van der Waals surface area (Å²) < 4.78 is 15.4. The van der Waals surface area contributed by atoms with E-state index < -0.39 is 5.97 Å². The van der Waals surface area contributed by atoms with Crippen LogP contribution in [0, 0.1) is 0 Å². The van der Waals surface area contributed by atoms with Crippen LogP contribution in [-0.4, -0.2) is 23.7 Å². The number of hydrogen-bond donors (Lipinski definition) is 0. The lowest BCUT2D eigenvalue weighted by molar-refractivity contribution is 0.0518. The van der Waals surface area contributed by atoms with Gasteiger partial charge in [0.2, 0.25) is 0 Å². The highest BCUT2D eigenvalue weighted by molar-refractivity contribution is 5.86. The van der Waals surface area contributed by atoms with Crippen LogP contribution in [-0.2, 0) is 4.74 Å². The van der Waals surface area contributed by atoms with E-state index in [1.807, 2.05) is 0 Å². The predicted octanol–water partition coefficient (Wildman–Crippen LogP) is 2.17. The van der Waals surface area contributed by atoms with Crippen molar-refractivity contribution in [3.8, 4) is 6.08 Å². The SMILES string of the molecule is CCOC(=O)c1coc(OC2CCCC2)n1. The second-order valence-electron chi connectivity index (χ2n) is 3.74. The number of carbonyl (C=O) groups excluding carboxylic acids is 1. The largest absolute Gasteiger partial charge is 0.461 e. The van der Waals surface area contributed by atoms with Crippen LogP contribution in [0.3, 0.4) is 0 Å². The van der Waals surface area contributed by atoms with E-state index in [9.17, 15) is 4.79 Å². The van der Waals surface area contributed by atoms with E-state index >= 15 is 0 Å². The number of aromatic nitrogens is 1. The van der Waals surface area contributed by atoms with E-state index in [4.69, 9.17) is 13.9 Å². The van der Waals surface area contributed by atoms with Gasteiger partial charge >= 0.3 is 12.0 Å². The molecule has 1 fully saturated rings. The normalized spacial score (nSPS) is 16.3. The Labute approximate surface area is 93.7 Å². The van der Waals surface area contributed by atoms with Crippen molar-refractivity contribution < 1.29 is 18.7 Å². The van der Waals surface area contributed by atoms with Crippen molar-refractivity contribution in [2.24, 2.45) is 0 Å². The maximum atomic E-state index is 11.3. The second kappa shape index (κ2) is 5.01. The van der Waals surface area contributed by atoms with Gasteiger partial charge in [0.1, 0.15) is 12.4 Å². The maximum absolute atomic E-state index is 11.3. The fraction of sp³-hybridized carbons (Fsp3) is 0.636. The molecule has 0 amide bonds. The van der Waals surface area contributed by atoms with E-state index in [2.05, 4.69) is 4.98 Å². The number of esters is 1. The zero-order chi connectivity index (χ0) is 11.4. The minimum Gasteiger partial charge on any atom is -0.461 e. The van der Waals surface area contributed by atoms with Crippen LogP contribution >= 0.6 is 0 Å². The Morgan fingerprint density at radius 1 is 1.56 bits per heavy atom. The summed E-state index contributed by atoms with van der Waals surface area (Å²) >= 11 is 0. The van der Waals surface area contributed by atoms with Crippen molar-refractivity contribution in [3.63, 3.8) is 0 Å². The molecule has 1 saturated carbocycles. The number of oxazole rings is 1. The molecule has 1 aromatic heterocycles. The van der Waals surface area contributed by atoms with Gasteiger partial charge in [-0.05, 0) is 32.6 Å². The van der Waals surface area contributed by atoms with Gasteiger partial charge in [0.05, 0.1) is 6.61 Å². The topological polar surface area (TPSA) is 61.6 Å². The molecule has 1 aliphatic rings. The van der Waals surface area contributed by atoms with Crippen molar-refractivity contribution in [1.82, 2.24) is 4.98 Å². The minimum atomic E-state index is -0.479. The molecule has 0 aliphatic heterocycles. The minimum absolute atomic E-state index is 0.162. The number of hydrogen-bond acceptors (Lipinski definition) is 5. The van der Waals surface area contributed by atoms with Crippen molar-refractivity contribution in [3.05, 3.63) is 12.0 Å². The lowest BCUT2D eigenvalue weighted by Crippen LogP contribution is -2.11. The first-order valence-corrected chi connectivity index (χ1v) is 5.59. The Kier molecular flexibility index (Phi) is 3.44. The summed E-state index contributed by atoms with van der Waals surface area (Å²) in [5, 5.41) is 0. The average Bonchev–Trinajstić information content (AvgIpc) is 2.90. The van der Waals surface area contributed by atoms with Crippen LogP contribution in [0.25, 0.3) is 0 Å². The van der Waals surface area contributed by atoms with Crippen molar-refractivity contribution in [2.75, 3.05) is 6.61 Å². The summed E-state index contributed by atoms with van der Waals surface area (Å²) in [5.74, 6) is -0.479. The van der Waals surface area contributed by atoms with Crippen LogP contribution in [0.5, 0.6) is 6.08 Å². The molecule has 0 N–H and O–H groups in total. The molecule has 16 heavy (non-hydrogen) atoms. The smallest absolute Gasteiger partial charge is 0.394 e. The third-order valence-electron chi connectivity index (χ3n) is 2.54. The number of nitrogens with zero attached hydrogens (tertiary/aromatic N) is 1. The Balaban J connectivity index is 1.93. The molecule has 0 radical (unpaired) electrons. The molecule has 1 aliphatic carbocycles. The van der Waals surface area contributed by atoms with Crippen molar-refractivity contribution in [2.45, 2.75) is 38.7 Å². The number of rotatable bonds is 4. The molecule has 5 heteroatoms. The van der Waals surface area contributed by atoms with Gasteiger partial charge in [-0.15, -0.1) is 0 Å². The van der Waals surface area contributed by atoms with Gasteiger partial charge in [0.15, 0.2) is 5.69 Å². The van der Waals surface area contributed by atoms with Crippen molar-refractivity contribution >= 4 is 5.97 Å². The molecule has 2 rings (SSSR count). The fourth-order valence-electron chi connectivity index (χ4n) is 1.76. The van der Waals surface area contributed by atoms with Crippen LogP contribution < -0.4 is 4.74 Å². The van der Waals surface area contributed by atoms with E-state index in [-0.39, 0.29) is 17.9 Å². The molecule has 1 heterocycles. The monoisotopic (exact) mass is 225 g/mol. The van der Waals surface area contributed by atoms with Gasteiger partial charge < -0.3 is 13.9 Å². The van der Waals surface area contributed by atoms with Crippen LogP contribution in [0.15, 0.2) is 10.7 Å². The Morgan fingerprint density at radius 2 is 2.31 bits per heavy atom. The van der Waals surface area contributed by atoms with Gasteiger partial charge in [0.25, 0.3) is 0 Å². The van der Waals surface area contributed by atoms with E-state index in [0.29, 0.717) is 6.61 Å². The highest BCUT2D eigenvalue weighted by Gasteiger charge is 2.20. The highest BCUT2D eigenvalue weighted by atomic mass is 16.6. The van der Waals surface area contributed by atoms with Gasteiger partial charge in [0, 0.05) is 0 Å². The molecule has 0 unspecified atom stereocenters. The molecule has 0 aromatic carbocycles. The first kappa shape index (κ1) is 11.0. The molecule has 0 spiro atoms. The lowest BCUT2D eigenvalue weighted by Gasteiger charge is -2.07. The van der Waals surface area contributed by atoms with Crippen LogP contribution in [0.4, 0.5) is 0 Å². The maximum Gasteiger partial charge on any atom is 0.394 e. The predicted molar refractivity (Wildman–Crippen MR) is 55.3 cm³/mol. The van der Waals surface area contributed by atoms with Gasteiger partial charge in [-0.1, -0.05) is 0 Å². The Hall–Kier alpha value is -1.52. The Morgan fingerprint density at radius 3 is 3.00 bits per heavy atom. The molecular formula is C11H15NO4. The number of carbonyl (C=O) groups is 1. The van der Waals surface area contributed by atoms with E-state index in [0.717, 1.165) is 12.8 Å².